The molecule has 0 aliphatic heterocycles. The molecule has 1 N–H and O–H groups in total. The first-order valence-electron chi connectivity index (χ1n) is 5.30. The molecule has 0 saturated carbocycles. The fourth-order valence-corrected chi connectivity index (χ4v) is 1.88. The van der Waals surface area contributed by atoms with Crippen molar-refractivity contribution >= 4 is 21.8 Å². The molecule has 0 fully saturated rings. The Morgan fingerprint density at radius 2 is 1.59 bits per heavy atom. The maximum atomic E-state index is 12.0. The van der Waals surface area contributed by atoms with Gasteiger partial charge < -0.3 is 0 Å². The van der Waals surface area contributed by atoms with Gasteiger partial charge in [-0.3, -0.25) is 14.9 Å². The zero-order chi connectivity index (χ0) is 12.4. The molecule has 0 atom stereocenters. The maximum absolute atomic E-state index is 12.0. The number of carbonyl (C=O) groups is 1. The standard InChI is InChI=1S/C13H13BrN2O/c1-9-3-4-10(2)16(9)15-13(17)11-5-7-12(14)8-6-11/h3-8H,1-2H3,(H,15,17). The van der Waals surface area contributed by atoms with Crippen molar-refractivity contribution in [2.75, 3.05) is 5.43 Å². The minimum Gasteiger partial charge on any atom is -0.267 e. The smallest absolute Gasteiger partial charge is 0.267 e. The Morgan fingerprint density at radius 3 is 2.12 bits per heavy atom. The number of halogens is 1. The van der Waals surface area contributed by atoms with E-state index in [0.29, 0.717) is 5.56 Å². The quantitative estimate of drug-likeness (QED) is 0.906. The third-order valence-corrected chi connectivity index (χ3v) is 3.12. The number of hydrogen-bond acceptors (Lipinski definition) is 1. The van der Waals surface area contributed by atoms with Gasteiger partial charge in [-0.15, -0.1) is 0 Å². The summed E-state index contributed by atoms with van der Waals surface area (Å²) in [6.07, 6.45) is 0. The number of benzene rings is 1. The van der Waals surface area contributed by atoms with E-state index in [4.69, 9.17) is 0 Å². The molecule has 0 aliphatic carbocycles. The van der Waals surface area contributed by atoms with Crippen LogP contribution in [0.4, 0.5) is 0 Å². The zero-order valence-corrected chi connectivity index (χ0v) is 11.3. The predicted molar refractivity (Wildman–Crippen MR) is 71.7 cm³/mol. The van der Waals surface area contributed by atoms with E-state index in [1.807, 2.05) is 38.1 Å². The lowest BCUT2D eigenvalue weighted by Crippen LogP contribution is -2.24. The minimum atomic E-state index is -0.111. The van der Waals surface area contributed by atoms with Crippen LogP contribution < -0.4 is 5.43 Å². The molecule has 0 radical (unpaired) electrons. The third kappa shape index (κ3) is 2.58. The summed E-state index contributed by atoms with van der Waals surface area (Å²) in [7, 11) is 0. The van der Waals surface area contributed by atoms with Crippen molar-refractivity contribution in [2.45, 2.75) is 13.8 Å². The van der Waals surface area contributed by atoms with Crippen LogP contribution in [-0.4, -0.2) is 10.6 Å². The van der Waals surface area contributed by atoms with Crippen molar-refractivity contribution in [1.29, 1.82) is 0 Å². The molecular weight excluding hydrogens is 280 g/mol. The van der Waals surface area contributed by atoms with E-state index >= 15 is 0 Å². The second-order valence-electron chi connectivity index (χ2n) is 3.90. The van der Waals surface area contributed by atoms with Gasteiger partial charge in [0.25, 0.3) is 5.91 Å². The van der Waals surface area contributed by atoms with Crippen LogP contribution >= 0.6 is 15.9 Å². The molecule has 0 spiro atoms. The molecule has 0 bridgehead atoms. The lowest BCUT2D eigenvalue weighted by atomic mass is 10.2. The highest BCUT2D eigenvalue weighted by molar-refractivity contribution is 9.10. The lowest BCUT2D eigenvalue weighted by molar-refractivity contribution is 0.101. The zero-order valence-electron chi connectivity index (χ0n) is 9.70. The average molecular weight is 293 g/mol. The van der Waals surface area contributed by atoms with Gasteiger partial charge in [0.1, 0.15) is 0 Å². The van der Waals surface area contributed by atoms with Crippen LogP contribution in [0.25, 0.3) is 0 Å². The van der Waals surface area contributed by atoms with Crippen LogP contribution in [0.3, 0.4) is 0 Å². The largest absolute Gasteiger partial charge is 0.270 e. The molecule has 0 saturated heterocycles. The van der Waals surface area contributed by atoms with Gasteiger partial charge in [-0.2, -0.15) is 0 Å². The Bertz CT molecular complexity index is 524. The van der Waals surface area contributed by atoms with E-state index in [0.717, 1.165) is 15.9 Å². The number of amides is 1. The highest BCUT2D eigenvalue weighted by Gasteiger charge is 2.08. The summed E-state index contributed by atoms with van der Waals surface area (Å²) >= 11 is 3.34. The normalized spacial score (nSPS) is 10.3. The number of nitrogens with one attached hydrogen (secondary N) is 1. The van der Waals surface area contributed by atoms with Crippen molar-refractivity contribution in [2.24, 2.45) is 0 Å². The van der Waals surface area contributed by atoms with Crippen LogP contribution in [0.2, 0.25) is 0 Å². The Labute approximate surface area is 109 Å². The lowest BCUT2D eigenvalue weighted by Gasteiger charge is -2.11. The number of rotatable bonds is 2. The summed E-state index contributed by atoms with van der Waals surface area (Å²) in [5, 5.41) is 0. The predicted octanol–water partition coefficient (Wildman–Crippen LogP) is 3.25. The minimum absolute atomic E-state index is 0.111. The van der Waals surface area contributed by atoms with Gasteiger partial charge in [-0.1, -0.05) is 15.9 Å². The summed E-state index contributed by atoms with van der Waals surface area (Å²) in [6.45, 7) is 3.91. The van der Waals surface area contributed by atoms with Crippen LogP contribution in [0, 0.1) is 13.8 Å². The Hall–Kier alpha value is -1.55. The SMILES string of the molecule is Cc1ccc(C)n1NC(=O)c1ccc(Br)cc1. The molecule has 1 aromatic carbocycles. The molecular formula is C13H13BrN2O. The molecule has 1 amide bonds. The second-order valence-corrected chi connectivity index (χ2v) is 4.82. The number of hydrogen-bond donors (Lipinski definition) is 1. The fraction of sp³-hybridized carbons (Fsp3) is 0.154. The molecule has 4 heteroatoms. The molecule has 3 nitrogen and oxygen atoms in total. The third-order valence-electron chi connectivity index (χ3n) is 2.59. The van der Waals surface area contributed by atoms with Crippen molar-refractivity contribution in [3.05, 3.63) is 57.8 Å². The Kier molecular flexibility index (Phi) is 3.33. The number of carbonyl (C=O) groups excluding carboxylic acids is 1. The first-order chi connectivity index (χ1) is 8.08. The van der Waals surface area contributed by atoms with Crippen molar-refractivity contribution in [1.82, 2.24) is 4.68 Å². The van der Waals surface area contributed by atoms with Crippen LogP contribution in [0.15, 0.2) is 40.9 Å². The molecule has 0 unspecified atom stereocenters. The van der Waals surface area contributed by atoms with Gasteiger partial charge in [-0.05, 0) is 50.2 Å². The molecule has 2 rings (SSSR count). The molecule has 17 heavy (non-hydrogen) atoms. The van der Waals surface area contributed by atoms with Crippen LogP contribution in [0.5, 0.6) is 0 Å². The van der Waals surface area contributed by atoms with Gasteiger partial charge in [0.15, 0.2) is 0 Å². The van der Waals surface area contributed by atoms with E-state index < -0.39 is 0 Å². The Balaban J connectivity index is 2.20. The maximum Gasteiger partial charge on any atom is 0.270 e. The molecule has 88 valence electrons. The summed E-state index contributed by atoms with van der Waals surface area (Å²) < 4.78 is 2.74. The van der Waals surface area contributed by atoms with E-state index in [1.54, 1.807) is 16.8 Å². The van der Waals surface area contributed by atoms with Crippen molar-refractivity contribution in [3.8, 4) is 0 Å². The highest BCUT2D eigenvalue weighted by atomic mass is 79.9. The van der Waals surface area contributed by atoms with Gasteiger partial charge >= 0.3 is 0 Å². The molecule has 1 aromatic heterocycles. The first kappa shape index (κ1) is 11.9. The van der Waals surface area contributed by atoms with Gasteiger partial charge in [0, 0.05) is 21.4 Å². The van der Waals surface area contributed by atoms with Crippen molar-refractivity contribution in [3.63, 3.8) is 0 Å². The Morgan fingerprint density at radius 1 is 1.06 bits per heavy atom. The second kappa shape index (κ2) is 4.75. The summed E-state index contributed by atoms with van der Waals surface area (Å²) in [5.41, 5.74) is 5.51. The van der Waals surface area contributed by atoms with Crippen LogP contribution in [0.1, 0.15) is 21.7 Å². The molecule has 2 aromatic rings. The highest BCUT2D eigenvalue weighted by Crippen LogP contribution is 2.11. The van der Waals surface area contributed by atoms with Gasteiger partial charge in [-0.25, -0.2) is 0 Å². The van der Waals surface area contributed by atoms with E-state index in [-0.39, 0.29) is 5.91 Å². The summed E-state index contributed by atoms with van der Waals surface area (Å²) in [6, 6.07) is 11.2. The van der Waals surface area contributed by atoms with E-state index in [1.165, 1.54) is 0 Å². The molecule has 0 aliphatic rings. The fourth-order valence-electron chi connectivity index (χ4n) is 1.61. The first-order valence-corrected chi connectivity index (χ1v) is 6.09. The van der Waals surface area contributed by atoms with E-state index in [9.17, 15) is 4.79 Å². The monoisotopic (exact) mass is 292 g/mol. The van der Waals surface area contributed by atoms with Gasteiger partial charge in [0.05, 0.1) is 0 Å². The summed E-state index contributed by atoms with van der Waals surface area (Å²) in [5.74, 6) is -0.111. The van der Waals surface area contributed by atoms with Gasteiger partial charge in [0.2, 0.25) is 0 Å². The number of nitrogens with zero attached hydrogens (tertiary/aromatic N) is 1. The number of aryl methyl sites for hydroxylation is 2. The van der Waals surface area contributed by atoms with Crippen molar-refractivity contribution < 1.29 is 4.79 Å². The van der Waals surface area contributed by atoms with E-state index in [2.05, 4.69) is 21.4 Å². The summed E-state index contributed by atoms with van der Waals surface area (Å²) in [4.78, 5) is 12.0. The molecule has 1 heterocycles. The van der Waals surface area contributed by atoms with Crippen LogP contribution in [-0.2, 0) is 0 Å². The average Bonchev–Trinajstić information content (AvgIpc) is 2.61. The topological polar surface area (TPSA) is 34.0 Å². The number of aromatic nitrogens is 1.